The van der Waals surface area contributed by atoms with Crippen molar-refractivity contribution in [2.75, 3.05) is 32.2 Å². The van der Waals surface area contributed by atoms with Crippen LogP contribution in [0, 0.1) is 0 Å². The number of nitrogens with one attached hydrogen (secondary N) is 1. The summed E-state index contributed by atoms with van der Waals surface area (Å²) in [5.74, 6) is -0.895. The van der Waals surface area contributed by atoms with Crippen molar-refractivity contribution in [1.29, 1.82) is 0 Å². The Morgan fingerprint density at radius 1 is 1.47 bits per heavy atom. The number of amides is 2. The standard InChI is InChI=1S/C10H14N2O4S/c1-15-3-4-16-6-8(13)12-10-7(9(11)14)2-5-17-10/h2,5H,3-4,6H2,1H3,(H2,11,14)(H,12,13). The van der Waals surface area contributed by atoms with E-state index in [1.54, 1.807) is 18.6 Å². The van der Waals surface area contributed by atoms with Crippen molar-refractivity contribution < 1.29 is 19.1 Å². The van der Waals surface area contributed by atoms with Gasteiger partial charge in [-0.1, -0.05) is 0 Å². The predicted molar refractivity (Wildman–Crippen MR) is 64.2 cm³/mol. The molecule has 0 radical (unpaired) electrons. The van der Waals surface area contributed by atoms with E-state index in [2.05, 4.69) is 5.32 Å². The van der Waals surface area contributed by atoms with Gasteiger partial charge in [-0.25, -0.2) is 0 Å². The molecule has 1 aromatic heterocycles. The molecule has 0 aromatic carbocycles. The van der Waals surface area contributed by atoms with Crippen LogP contribution in [0.2, 0.25) is 0 Å². The molecule has 0 atom stereocenters. The topological polar surface area (TPSA) is 90.7 Å². The molecule has 6 nitrogen and oxygen atoms in total. The van der Waals surface area contributed by atoms with Crippen LogP contribution in [0.25, 0.3) is 0 Å². The van der Waals surface area contributed by atoms with E-state index >= 15 is 0 Å². The number of hydrogen-bond acceptors (Lipinski definition) is 5. The zero-order valence-electron chi connectivity index (χ0n) is 9.39. The minimum absolute atomic E-state index is 0.0839. The second kappa shape index (κ2) is 7.00. The Morgan fingerprint density at radius 3 is 2.88 bits per heavy atom. The van der Waals surface area contributed by atoms with Crippen LogP contribution >= 0.6 is 11.3 Å². The Labute approximate surface area is 103 Å². The van der Waals surface area contributed by atoms with Crippen molar-refractivity contribution in [3.63, 3.8) is 0 Å². The van der Waals surface area contributed by atoms with Crippen molar-refractivity contribution in [3.05, 3.63) is 17.0 Å². The average Bonchev–Trinajstić information content (AvgIpc) is 2.72. The fourth-order valence-electron chi connectivity index (χ4n) is 1.07. The highest BCUT2D eigenvalue weighted by atomic mass is 32.1. The van der Waals surface area contributed by atoms with E-state index in [1.165, 1.54) is 11.3 Å². The summed E-state index contributed by atoms with van der Waals surface area (Å²) < 4.78 is 9.80. The van der Waals surface area contributed by atoms with Crippen molar-refractivity contribution in [1.82, 2.24) is 0 Å². The molecule has 2 amide bonds. The zero-order chi connectivity index (χ0) is 12.7. The van der Waals surface area contributed by atoms with E-state index < -0.39 is 5.91 Å². The third kappa shape index (κ3) is 4.51. The van der Waals surface area contributed by atoms with Crippen LogP contribution in [-0.4, -0.2) is 38.7 Å². The van der Waals surface area contributed by atoms with E-state index in [9.17, 15) is 9.59 Å². The predicted octanol–water partition coefficient (Wildman–Crippen LogP) is 0.449. The molecule has 1 heterocycles. The number of rotatable bonds is 7. The smallest absolute Gasteiger partial charge is 0.251 e. The lowest BCUT2D eigenvalue weighted by Gasteiger charge is -2.05. The first kappa shape index (κ1) is 13.6. The van der Waals surface area contributed by atoms with Gasteiger partial charge in [0, 0.05) is 7.11 Å². The van der Waals surface area contributed by atoms with Gasteiger partial charge in [0.05, 0.1) is 18.8 Å². The molecule has 3 N–H and O–H groups in total. The number of anilines is 1. The Balaban J connectivity index is 2.40. The fraction of sp³-hybridized carbons (Fsp3) is 0.400. The summed E-state index contributed by atoms with van der Waals surface area (Å²) in [6.07, 6.45) is 0. The second-order valence-electron chi connectivity index (χ2n) is 3.12. The molecule has 0 unspecified atom stereocenters. The van der Waals surface area contributed by atoms with E-state index in [-0.39, 0.29) is 12.5 Å². The summed E-state index contributed by atoms with van der Waals surface area (Å²) in [6.45, 7) is 0.690. The number of carbonyl (C=O) groups is 2. The number of hydrogen-bond donors (Lipinski definition) is 2. The first-order valence-corrected chi connectivity index (χ1v) is 5.77. The summed E-state index contributed by atoms with van der Waals surface area (Å²) in [5, 5.41) is 4.69. The SMILES string of the molecule is COCCOCC(=O)Nc1sccc1C(N)=O. The second-order valence-corrected chi connectivity index (χ2v) is 4.04. The molecule has 1 rings (SSSR count). The molecular formula is C10H14N2O4S. The lowest BCUT2D eigenvalue weighted by atomic mass is 10.3. The first-order chi connectivity index (χ1) is 8.15. The summed E-state index contributed by atoms with van der Waals surface area (Å²) in [4.78, 5) is 22.4. The van der Waals surface area contributed by atoms with Crippen molar-refractivity contribution >= 4 is 28.2 Å². The molecule has 0 spiro atoms. The van der Waals surface area contributed by atoms with Gasteiger partial charge in [0.15, 0.2) is 0 Å². The van der Waals surface area contributed by atoms with Gasteiger partial charge in [-0.3, -0.25) is 9.59 Å². The van der Waals surface area contributed by atoms with Crippen molar-refractivity contribution in [3.8, 4) is 0 Å². The summed E-state index contributed by atoms with van der Waals surface area (Å²) in [6, 6.07) is 1.56. The quantitative estimate of drug-likeness (QED) is 0.695. The molecule has 0 bridgehead atoms. The highest BCUT2D eigenvalue weighted by molar-refractivity contribution is 7.14. The molecule has 0 aliphatic rings. The van der Waals surface area contributed by atoms with Gasteiger partial charge >= 0.3 is 0 Å². The minimum atomic E-state index is -0.568. The van der Waals surface area contributed by atoms with Crippen molar-refractivity contribution in [2.24, 2.45) is 5.73 Å². The summed E-state index contributed by atoms with van der Waals surface area (Å²) in [5.41, 5.74) is 5.45. The van der Waals surface area contributed by atoms with Crippen molar-refractivity contribution in [2.45, 2.75) is 0 Å². The molecule has 0 aliphatic heterocycles. The number of ether oxygens (including phenoxy) is 2. The number of thiophene rings is 1. The van der Waals surface area contributed by atoms with E-state index in [0.717, 1.165) is 0 Å². The molecule has 0 aliphatic carbocycles. The van der Waals surface area contributed by atoms with Crippen LogP contribution in [0.5, 0.6) is 0 Å². The molecular weight excluding hydrogens is 244 g/mol. The highest BCUT2D eigenvalue weighted by Crippen LogP contribution is 2.22. The van der Waals surface area contributed by atoms with Crippen LogP contribution in [0.1, 0.15) is 10.4 Å². The lowest BCUT2D eigenvalue weighted by molar-refractivity contribution is -0.121. The van der Waals surface area contributed by atoms with Crippen LogP contribution in [0.3, 0.4) is 0 Å². The lowest BCUT2D eigenvalue weighted by Crippen LogP contribution is -2.21. The number of carbonyl (C=O) groups excluding carboxylic acids is 2. The zero-order valence-corrected chi connectivity index (χ0v) is 10.2. The van der Waals surface area contributed by atoms with Gasteiger partial charge in [-0.2, -0.15) is 0 Å². The Bertz CT molecular complexity index is 391. The van der Waals surface area contributed by atoms with E-state index in [1.807, 2.05) is 0 Å². The molecule has 0 saturated carbocycles. The monoisotopic (exact) mass is 258 g/mol. The fourth-order valence-corrected chi connectivity index (χ4v) is 1.88. The minimum Gasteiger partial charge on any atom is -0.382 e. The molecule has 1 aromatic rings. The summed E-state index contributed by atoms with van der Waals surface area (Å²) in [7, 11) is 1.55. The van der Waals surface area contributed by atoms with Gasteiger partial charge in [0.2, 0.25) is 0 Å². The van der Waals surface area contributed by atoms with Crippen LogP contribution < -0.4 is 11.1 Å². The van der Waals surface area contributed by atoms with E-state index in [0.29, 0.717) is 23.8 Å². The van der Waals surface area contributed by atoms with Crippen LogP contribution in [-0.2, 0) is 14.3 Å². The third-order valence-corrected chi connectivity index (χ3v) is 2.68. The molecule has 17 heavy (non-hydrogen) atoms. The third-order valence-electron chi connectivity index (χ3n) is 1.85. The molecule has 94 valence electrons. The highest BCUT2D eigenvalue weighted by Gasteiger charge is 2.12. The van der Waals surface area contributed by atoms with Crippen LogP contribution in [0.4, 0.5) is 5.00 Å². The molecule has 0 saturated heterocycles. The first-order valence-electron chi connectivity index (χ1n) is 4.89. The summed E-state index contributed by atoms with van der Waals surface area (Å²) >= 11 is 1.24. The van der Waals surface area contributed by atoms with Gasteiger partial charge < -0.3 is 20.5 Å². The Hall–Kier alpha value is -1.44. The average molecular weight is 258 g/mol. The van der Waals surface area contributed by atoms with E-state index in [4.69, 9.17) is 15.2 Å². The van der Waals surface area contributed by atoms with Gasteiger partial charge in [0.1, 0.15) is 11.6 Å². The Kier molecular flexibility index (Phi) is 5.61. The Morgan fingerprint density at radius 2 is 2.24 bits per heavy atom. The molecule has 0 fully saturated rings. The van der Waals surface area contributed by atoms with Gasteiger partial charge in [-0.05, 0) is 11.4 Å². The van der Waals surface area contributed by atoms with Gasteiger partial charge in [-0.15, -0.1) is 11.3 Å². The number of primary amides is 1. The number of methoxy groups -OCH3 is 1. The largest absolute Gasteiger partial charge is 0.382 e. The molecule has 7 heteroatoms. The maximum atomic E-state index is 11.4. The van der Waals surface area contributed by atoms with Crippen LogP contribution in [0.15, 0.2) is 11.4 Å². The normalized spacial score (nSPS) is 10.2. The maximum absolute atomic E-state index is 11.4. The number of nitrogens with two attached hydrogens (primary N) is 1. The van der Waals surface area contributed by atoms with Gasteiger partial charge in [0.25, 0.3) is 11.8 Å². The maximum Gasteiger partial charge on any atom is 0.251 e.